The second kappa shape index (κ2) is 6.09. The second-order valence-corrected chi connectivity index (χ2v) is 5.26. The molecule has 8 heteroatoms. The van der Waals surface area contributed by atoms with Gasteiger partial charge in [0.25, 0.3) is 11.6 Å². The van der Waals surface area contributed by atoms with Gasteiger partial charge in [-0.05, 0) is 12.5 Å². The van der Waals surface area contributed by atoms with Crippen molar-refractivity contribution in [2.75, 3.05) is 13.6 Å². The van der Waals surface area contributed by atoms with Crippen LogP contribution in [-0.4, -0.2) is 41.3 Å². The zero-order valence-corrected chi connectivity index (χ0v) is 12.1. The molecular formula is C13H14ClN3O4. The van der Waals surface area contributed by atoms with Crippen LogP contribution < -0.4 is 5.32 Å². The number of benzene rings is 1. The first kappa shape index (κ1) is 15.2. The lowest BCUT2D eigenvalue weighted by Gasteiger charge is -2.30. The average Bonchev–Trinajstić information content (AvgIpc) is 2.42. The summed E-state index contributed by atoms with van der Waals surface area (Å²) in [6.07, 6.45) is 0.908. The fraction of sp³-hybridized carbons (Fsp3) is 0.385. The molecule has 0 aliphatic carbocycles. The molecule has 7 nitrogen and oxygen atoms in total. The average molecular weight is 312 g/mol. The zero-order chi connectivity index (χ0) is 15.6. The molecule has 1 aliphatic rings. The number of nitrogens with zero attached hydrogens (tertiary/aromatic N) is 2. The molecule has 1 heterocycles. The maximum absolute atomic E-state index is 12.2. The topological polar surface area (TPSA) is 92.6 Å². The van der Waals surface area contributed by atoms with Crippen LogP contribution in [-0.2, 0) is 4.79 Å². The van der Waals surface area contributed by atoms with Crippen LogP contribution in [0.1, 0.15) is 23.2 Å². The molecule has 1 fully saturated rings. The van der Waals surface area contributed by atoms with Crippen LogP contribution in [0.4, 0.5) is 5.69 Å². The number of halogens is 1. The summed E-state index contributed by atoms with van der Waals surface area (Å²) in [5.41, 5.74) is -0.245. The summed E-state index contributed by atoms with van der Waals surface area (Å²) in [5, 5.41) is 13.4. The molecule has 0 spiro atoms. The van der Waals surface area contributed by atoms with E-state index in [2.05, 4.69) is 5.32 Å². The van der Waals surface area contributed by atoms with Crippen molar-refractivity contribution in [1.82, 2.24) is 10.2 Å². The lowest BCUT2D eigenvalue weighted by molar-refractivity contribution is -0.384. The third-order valence-corrected chi connectivity index (χ3v) is 3.78. The Bertz CT molecular complexity index is 605. The Morgan fingerprint density at radius 2 is 2.24 bits per heavy atom. The smallest absolute Gasteiger partial charge is 0.288 e. The Labute approximate surface area is 126 Å². The van der Waals surface area contributed by atoms with E-state index in [9.17, 15) is 19.7 Å². The summed E-state index contributed by atoms with van der Waals surface area (Å²) >= 11 is 5.90. The molecule has 0 radical (unpaired) electrons. The lowest BCUT2D eigenvalue weighted by atomic mass is 10.0. The minimum atomic E-state index is -0.633. The van der Waals surface area contributed by atoms with Gasteiger partial charge in [0.15, 0.2) is 0 Å². The number of carbonyl (C=O) groups excluding carboxylic acids is 2. The minimum Gasteiger partial charge on any atom is -0.347 e. The predicted octanol–water partition coefficient (Wildman–Crippen LogP) is 1.60. The molecule has 1 aromatic rings. The first-order valence-corrected chi connectivity index (χ1v) is 6.75. The summed E-state index contributed by atoms with van der Waals surface area (Å²) in [4.78, 5) is 35.3. The van der Waals surface area contributed by atoms with E-state index in [1.54, 1.807) is 11.9 Å². The van der Waals surface area contributed by atoms with Crippen LogP contribution in [0.5, 0.6) is 0 Å². The quantitative estimate of drug-likeness (QED) is 0.678. The molecule has 0 aromatic heterocycles. The largest absolute Gasteiger partial charge is 0.347 e. The van der Waals surface area contributed by atoms with Crippen LogP contribution in [0, 0.1) is 10.1 Å². The van der Waals surface area contributed by atoms with E-state index >= 15 is 0 Å². The zero-order valence-electron chi connectivity index (χ0n) is 11.3. The first-order chi connectivity index (χ1) is 9.90. The third-order valence-electron chi connectivity index (χ3n) is 3.38. The molecule has 0 bridgehead atoms. The number of likely N-dealkylation sites (tertiary alicyclic amines) is 1. The monoisotopic (exact) mass is 311 g/mol. The predicted molar refractivity (Wildman–Crippen MR) is 76.2 cm³/mol. The number of likely N-dealkylation sites (N-methyl/N-ethyl adjacent to an activating group) is 1. The SMILES string of the molecule is CN1CC(NC(=O)c2cccc([N+](=O)[O-])c2Cl)CCC1=O. The molecule has 1 saturated heterocycles. The summed E-state index contributed by atoms with van der Waals surface area (Å²) in [6.45, 7) is 0.414. The van der Waals surface area contributed by atoms with Gasteiger partial charge in [0, 0.05) is 32.1 Å². The Hall–Kier alpha value is -2.15. The number of amides is 2. The highest BCUT2D eigenvalue weighted by molar-refractivity contribution is 6.35. The number of hydrogen-bond acceptors (Lipinski definition) is 4. The number of carbonyl (C=O) groups is 2. The first-order valence-electron chi connectivity index (χ1n) is 6.38. The number of nitro benzene ring substituents is 1. The Morgan fingerprint density at radius 3 is 2.86 bits per heavy atom. The van der Waals surface area contributed by atoms with E-state index in [0.717, 1.165) is 0 Å². The van der Waals surface area contributed by atoms with Gasteiger partial charge >= 0.3 is 0 Å². The fourth-order valence-electron chi connectivity index (χ4n) is 2.23. The van der Waals surface area contributed by atoms with E-state index in [0.29, 0.717) is 19.4 Å². The van der Waals surface area contributed by atoms with Gasteiger partial charge in [0.2, 0.25) is 5.91 Å². The molecule has 1 aromatic carbocycles. The summed E-state index contributed by atoms with van der Waals surface area (Å²) < 4.78 is 0. The van der Waals surface area contributed by atoms with Gasteiger partial charge in [-0.1, -0.05) is 17.7 Å². The molecule has 0 saturated carbocycles. The number of nitro groups is 1. The number of hydrogen-bond donors (Lipinski definition) is 1. The van der Waals surface area contributed by atoms with Gasteiger partial charge in [0.05, 0.1) is 10.5 Å². The van der Waals surface area contributed by atoms with E-state index in [1.165, 1.54) is 18.2 Å². The van der Waals surface area contributed by atoms with Gasteiger partial charge in [-0.3, -0.25) is 19.7 Å². The Kier molecular flexibility index (Phi) is 4.42. The van der Waals surface area contributed by atoms with Crippen molar-refractivity contribution in [3.8, 4) is 0 Å². The van der Waals surface area contributed by atoms with Crippen molar-refractivity contribution < 1.29 is 14.5 Å². The van der Waals surface area contributed by atoms with Crippen LogP contribution in [0.2, 0.25) is 5.02 Å². The molecule has 1 atom stereocenters. The normalized spacial score (nSPS) is 18.5. The highest BCUT2D eigenvalue weighted by atomic mass is 35.5. The molecule has 1 aliphatic heterocycles. The standard InChI is InChI=1S/C13H14ClN3O4/c1-16-7-8(5-6-11(16)18)15-13(19)9-3-2-4-10(12(9)14)17(20)21/h2-4,8H,5-7H2,1H3,(H,15,19). The van der Waals surface area contributed by atoms with Gasteiger partial charge in [-0.25, -0.2) is 0 Å². The summed E-state index contributed by atoms with van der Waals surface area (Å²) in [7, 11) is 1.67. The molecule has 1 unspecified atom stereocenters. The van der Waals surface area contributed by atoms with Crippen molar-refractivity contribution >= 4 is 29.1 Å². The second-order valence-electron chi connectivity index (χ2n) is 4.88. The Balaban J connectivity index is 2.12. The van der Waals surface area contributed by atoms with Gasteiger partial charge in [0.1, 0.15) is 5.02 Å². The van der Waals surface area contributed by atoms with Crippen LogP contribution in [0.25, 0.3) is 0 Å². The minimum absolute atomic E-state index is 0.0360. The summed E-state index contributed by atoms with van der Waals surface area (Å²) in [6, 6.07) is 3.90. The van der Waals surface area contributed by atoms with Crippen LogP contribution in [0.15, 0.2) is 18.2 Å². The fourth-order valence-corrected chi connectivity index (χ4v) is 2.51. The van der Waals surface area contributed by atoms with Crippen molar-refractivity contribution in [2.24, 2.45) is 0 Å². The van der Waals surface area contributed by atoms with E-state index in [1.807, 2.05) is 0 Å². The van der Waals surface area contributed by atoms with Crippen molar-refractivity contribution in [1.29, 1.82) is 0 Å². The van der Waals surface area contributed by atoms with Crippen LogP contribution >= 0.6 is 11.6 Å². The lowest BCUT2D eigenvalue weighted by Crippen LogP contribution is -2.48. The maximum atomic E-state index is 12.2. The molecule has 112 valence electrons. The molecule has 21 heavy (non-hydrogen) atoms. The van der Waals surface area contributed by atoms with Gasteiger partial charge in [-0.15, -0.1) is 0 Å². The molecule has 2 amide bonds. The summed E-state index contributed by atoms with van der Waals surface area (Å²) in [5.74, 6) is -0.440. The van der Waals surface area contributed by atoms with E-state index in [4.69, 9.17) is 11.6 Å². The van der Waals surface area contributed by atoms with Crippen molar-refractivity contribution in [2.45, 2.75) is 18.9 Å². The maximum Gasteiger partial charge on any atom is 0.288 e. The molecule has 1 N–H and O–H groups in total. The van der Waals surface area contributed by atoms with Gasteiger partial charge in [-0.2, -0.15) is 0 Å². The number of piperidine rings is 1. The molecule has 2 rings (SSSR count). The highest BCUT2D eigenvalue weighted by Gasteiger charge is 2.26. The Morgan fingerprint density at radius 1 is 1.52 bits per heavy atom. The van der Waals surface area contributed by atoms with Crippen molar-refractivity contribution in [3.63, 3.8) is 0 Å². The number of rotatable bonds is 3. The molecular weight excluding hydrogens is 298 g/mol. The van der Waals surface area contributed by atoms with Crippen LogP contribution in [0.3, 0.4) is 0 Å². The highest BCUT2D eigenvalue weighted by Crippen LogP contribution is 2.27. The van der Waals surface area contributed by atoms with Crippen molar-refractivity contribution in [3.05, 3.63) is 38.9 Å². The van der Waals surface area contributed by atoms with E-state index in [-0.39, 0.29) is 28.2 Å². The van der Waals surface area contributed by atoms with Gasteiger partial charge < -0.3 is 10.2 Å². The number of nitrogens with one attached hydrogen (secondary N) is 1. The van der Waals surface area contributed by atoms with E-state index < -0.39 is 10.8 Å². The third kappa shape index (κ3) is 3.30.